The van der Waals surface area contributed by atoms with Crippen LogP contribution in [0.1, 0.15) is 26.3 Å². The van der Waals surface area contributed by atoms with Crippen molar-refractivity contribution < 1.29 is 14.4 Å². The number of fused-ring (bicyclic) bond motifs is 2. The Hall–Kier alpha value is -2.95. The molecule has 0 atom stereocenters. The van der Waals surface area contributed by atoms with Crippen LogP contribution in [0.5, 0.6) is 0 Å². The average Bonchev–Trinajstić information content (AvgIpc) is 2.98. The van der Waals surface area contributed by atoms with Crippen molar-refractivity contribution in [1.82, 2.24) is 0 Å². The highest BCUT2D eigenvalue weighted by molar-refractivity contribution is 6.35. The van der Waals surface area contributed by atoms with Crippen LogP contribution in [0.4, 0.5) is 11.4 Å². The second-order valence-corrected chi connectivity index (χ2v) is 5.02. The maximum atomic E-state index is 12.5. The van der Waals surface area contributed by atoms with E-state index < -0.39 is 0 Å². The fourth-order valence-corrected chi connectivity index (χ4v) is 2.85. The largest absolute Gasteiger partial charge is 0.325 e. The van der Waals surface area contributed by atoms with Gasteiger partial charge in [0, 0.05) is 11.3 Å². The molecule has 0 aliphatic carbocycles. The predicted octanol–water partition coefficient (Wildman–Crippen LogP) is 1.98. The Kier molecular flexibility index (Phi) is 2.27. The first-order chi connectivity index (χ1) is 10.2. The summed E-state index contributed by atoms with van der Waals surface area (Å²) in [5.74, 6) is -0.819. The fourth-order valence-electron chi connectivity index (χ4n) is 2.85. The minimum absolute atomic E-state index is 0.131. The molecular weight excluding hydrogens is 268 g/mol. The Morgan fingerprint density at radius 3 is 2.19 bits per heavy atom. The van der Waals surface area contributed by atoms with E-state index in [1.807, 2.05) is 0 Å². The van der Waals surface area contributed by atoms with Crippen molar-refractivity contribution in [3.05, 3.63) is 59.2 Å². The van der Waals surface area contributed by atoms with E-state index in [4.69, 9.17) is 0 Å². The number of carbonyl (C=O) groups is 3. The Morgan fingerprint density at radius 1 is 0.857 bits per heavy atom. The van der Waals surface area contributed by atoms with Gasteiger partial charge >= 0.3 is 0 Å². The van der Waals surface area contributed by atoms with E-state index >= 15 is 0 Å². The van der Waals surface area contributed by atoms with Crippen LogP contribution in [0.25, 0.3) is 0 Å². The van der Waals surface area contributed by atoms with Crippen molar-refractivity contribution in [2.45, 2.75) is 6.42 Å². The van der Waals surface area contributed by atoms with Crippen LogP contribution in [0.3, 0.4) is 0 Å². The molecule has 2 heterocycles. The van der Waals surface area contributed by atoms with Gasteiger partial charge in [-0.3, -0.25) is 14.4 Å². The SMILES string of the molecule is O=C1Cc2c(cccc2N2C(=O)c3ccccc3C2=O)N1. The molecule has 102 valence electrons. The van der Waals surface area contributed by atoms with Crippen LogP contribution in [0.2, 0.25) is 0 Å². The number of imide groups is 1. The van der Waals surface area contributed by atoms with Crippen molar-refractivity contribution in [1.29, 1.82) is 0 Å². The molecule has 2 aromatic carbocycles. The summed E-state index contributed by atoms with van der Waals surface area (Å²) in [5, 5.41) is 2.72. The molecule has 3 amide bonds. The van der Waals surface area contributed by atoms with Gasteiger partial charge in [-0.1, -0.05) is 18.2 Å². The van der Waals surface area contributed by atoms with Crippen LogP contribution >= 0.6 is 0 Å². The summed E-state index contributed by atoms with van der Waals surface area (Å²) in [7, 11) is 0. The Balaban J connectivity index is 1.88. The molecule has 2 aliphatic rings. The second-order valence-electron chi connectivity index (χ2n) is 5.02. The summed E-state index contributed by atoms with van der Waals surface area (Å²) < 4.78 is 0. The lowest BCUT2D eigenvalue weighted by Gasteiger charge is -2.17. The summed E-state index contributed by atoms with van der Waals surface area (Å²) in [6.07, 6.45) is 0.179. The van der Waals surface area contributed by atoms with Gasteiger partial charge in [0.2, 0.25) is 5.91 Å². The third kappa shape index (κ3) is 1.54. The first-order valence-corrected chi connectivity index (χ1v) is 6.56. The van der Waals surface area contributed by atoms with Gasteiger partial charge in [0.1, 0.15) is 0 Å². The molecule has 0 aromatic heterocycles. The molecule has 1 N–H and O–H groups in total. The topological polar surface area (TPSA) is 66.5 Å². The fraction of sp³-hybridized carbons (Fsp3) is 0.0625. The molecular formula is C16H10N2O3. The van der Waals surface area contributed by atoms with Gasteiger partial charge in [-0.15, -0.1) is 0 Å². The first-order valence-electron chi connectivity index (χ1n) is 6.56. The highest BCUT2D eigenvalue weighted by Gasteiger charge is 2.38. The van der Waals surface area contributed by atoms with E-state index in [1.54, 1.807) is 42.5 Å². The third-order valence-corrected chi connectivity index (χ3v) is 3.80. The molecule has 0 saturated carbocycles. The number of amides is 3. The maximum absolute atomic E-state index is 12.5. The summed E-state index contributed by atoms with van der Waals surface area (Å²) in [4.78, 5) is 37.7. The van der Waals surface area contributed by atoms with E-state index in [0.29, 0.717) is 28.1 Å². The van der Waals surface area contributed by atoms with Gasteiger partial charge in [0.05, 0.1) is 23.2 Å². The zero-order valence-corrected chi connectivity index (χ0v) is 10.9. The Bertz CT molecular complexity index is 791. The molecule has 0 saturated heterocycles. The first kappa shape index (κ1) is 11.8. The number of benzene rings is 2. The van der Waals surface area contributed by atoms with E-state index in [1.165, 1.54) is 0 Å². The number of hydrogen-bond acceptors (Lipinski definition) is 3. The molecule has 21 heavy (non-hydrogen) atoms. The van der Waals surface area contributed by atoms with Crippen LogP contribution in [-0.2, 0) is 11.2 Å². The summed E-state index contributed by atoms with van der Waals surface area (Å²) in [5.41, 5.74) is 2.64. The number of hydrogen-bond donors (Lipinski definition) is 1. The van der Waals surface area contributed by atoms with Gasteiger partial charge in [-0.05, 0) is 24.3 Å². The second kappa shape index (κ2) is 4.02. The van der Waals surface area contributed by atoms with Crippen LogP contribution in [0, 0.1) is 0 Å². The van der Waals surface area contributed by atoms with Gasteiger partial charge < -0.3 is 5.32 Å². The average molecular weight is 278 g/mol. The lowest BCUT2D eigenvalue weighted by molar-refractivity contribution is -0.115. The quantitative estimate of drug-likeness (QED) is 0.811. The lowest BCUT2D eigenvalue weighted by Crippen LogP contribution is -2.30. The molecule has 0 radical (unpaired) electrons. The summed E-state index contributed by atoms with van der Waals surface area (Å²) in [6.45, 7) is 0. The molecule has 0 bridgehead atoms. The molecule has 2 aliphatic heterocycles. The van der Waals surface area contributed by atoms with Gasteiger partial charge in [0.15, 0.2) is 0 Å². The van der Waals surface area contributed by atoms with Crippen LogP contribution < -0.4 is 10.2 Å². The summed E-state index contributed by atoms with van der Waals surface area (Å²) in [6, 6.07) is 11.9. The normalized spacial score (nSPS) is 16.0. The number of nitrogens with one attached hydrogen (secondary N) is 1. The molecule has 0 fully saturated rings. The van der Waals surface area contributed by atoms with E-state index in [2.05, 4.69) is 5.32 Å². The number of carbonyl (C=O) groups excluding carboxylic acids is 3. The monoisotopic (exact) mass is 278 g/mol. The minimum Gasteiger partial charge on any atom is -0.325 e. The predicted molar refractivity (Wildman–Crippen MR) is 76.4 cm³/mol. The molecule has 2 aromatic rings. The molecule has 4 rings (SSSR count). The standard InChI is InChI=1S/C16H10N2O3/c19-14-8-11-12(17-14)6-3-7-13(11)18-15(20)9-4-1-2-5-10(9)16(18)21/h1-7H,8H2,(H,17,19). The zero-order valence-electron chi connectivity index (χ0n) is 10.9. The van der Waals surface area contributed by atoms with Crippen LogP contribution in [-0.4, -0.2) is 17.7 Å². The smallest absolute Gasteiger partial charge is 0.266 e. The lowest BCUT2D eigenvalue weighted by atomic mass is 10.1. The van der Waals surface area contributed by atoms with E-state index in [0.717, 1.165) is 4.90 Å². The molecule has 5 nitrogen and oxygen atoms in total. The summed E-state index contributed by atoms with van der Waals surface area (Å²) >= 11 is 0. The Morgan fingerprint density at radius 2 is 1.52 bits per heavy atom. The van der Waals surface area contributed by atoms with Crippen molar-refractivity contribution in [2.24, 2.45) is 0 Å². The van der Waals surface area contributed by atoms with Crippen molar-refractivity contribution in [3.8, 4) is 0 Å². The van der Waals surface area contributed by atoms with E-state index in [-0.39, 0.29) is 24.1 Å². The highest BCUT2D eigenvalue weighted by atomic mass is 16.2. The van der Waals surface area contributed by atoms with Gasteiger partial charge in [-0.25, -0.2) is 4.90 Å². The van der Waals surface area contributed by atoms with E-state index in [9.17, 15) is 14.4 Å². The molecule has 0 unspecified atom stereocenters. The number of rotatable bonds is 1. The van der Waals surface area contributed by atoms with Crippen molar-refractivity contribution in [3.63, 3.8) is 0 Å². The van der Waals surface area contributed by atoms with Crippen molar-refractivity contribution in [2.75, 3.05) is 10.2 Å². The van der Waals surface area contributed by atoms with Gasteiger partial charge in [0.25, 0.3) is 11.8 Å². The van der Waals surface area contributed by atoms with Crippen molar-refractivity contribution >= 4 is 29.1 Å². The van der Waals surface area contributed by atoms with Gasteiger partial charge in [-0.2, -0.15) is 0 Å². The zero-order chi connectivity index (χ0) is 14.6. The third-order valence-electron chi connectivity index (χ3n) is 3.80. The maximum Gasteiger partial charge on any atom is 0.266 e. The minimum atomic E-state index is -0.344. The Labute approximate surface area is 120 Å². The molecule has 5 heteroatoms. The number of anilines is 2. The molecule has 0 spiro atoms. The van der Waals surface area contributed by atoms with Crippen LogP contribution in [0.15, 0.2) is 42.5 Å². The number of nitrogens with zero attached hydrogens (tertiary/aromatic N) is 1. The highest BCUT2D eigenvalue weighted by Crippen LogP contribution is 2.36.